The molecule has 1 fully saturated rings. The van der Waals surface area contributed by atoms with Gasteiger partial charge in [-0.1, -0.05) is 37.5 Å². The molecule has 2 aromatic carbocycles. The number of carbonyl (C=O) groups excluding carboxylic acids is 3. The third-order valence-corrected chi connectivity index (χ3v) is 8.22. The molecular weight excluding hydrogens is 573 g/mol. The Kier molecular flexibility index (Phi) is 8.86. The molecule has 228 valence electrons. The van der Waals surface area contributed by atoms with E-state index in [9.17, 15) is 18.8 Å². The zero-order valence-corrected chi connectivity index (χ0v) is 25.3. The highest BCUT2D eigenvalue weighted by molar-refractivity contribution is 7.09. The fourth-order valence-electron chi connectivity index (χ4n) is 5.32. The molecule has 1 aliphatic carbocycles. The summed E-state index contributed by atoms with van der Waals surface area (Å²) in [4.78, 5) is 42.7. The molecule has 43 heavy (non-hydrogen) atoms. The minimum atomic E-state index is -1.17. The van der Waals surface area contributed by atoms with Gasteiger partial charge in [0.25, 0.3) is 11.8 Å². The van der Waals surface area contributed by atoms with Crippen molar-refractivity contribution in [2.75, 3.05) is 12.5 Å². The molecule has 5 rings (SSSR count). The van der Waals surface area contributed by atoms with Gasteiger partial charge < -0.3 is 30.7 Å². The van der Waals surface area contributed by atoms with Crippen LogP contribution >= 0.6 is 11.5 Å². The van der Waals surface area contributed by atoms with E-state index in [-0.39, 0.29) is 35.6 Å². The fourth-order valence-corrected chi connectivity index (χ4v) is 6.07. The smallest absolute Gasteiger partial charge is 0.273 e. The molecule has 10 nitrogen and oxygen atoms in total. The summed E-state index contributed by atoms with van der Waals surface area (Å²) in [5.74, 6) is -0.881. The van der Waals surface area contributed by atoms with Gasteiger partial charge in [0.2, 0.25) is 12.7 Å². The maximum Gasteiger partial charge on any atom is 0.273 e. The molecule has 3 amide bonds. The Morgan fingerprint density at radius 2 is 1.77 bits per heavy atom. The molecule has 1 saturated carbocycles. The highest BCUT2D eigenvalue weighted by Crippen LogP contribution is 2.35. The molecule has 12 heteroatoms. The SMILES string of the molecule is CC(C)(C)NC(=O)C(c1ccc(F)cc1)N(Cc1ccc2c(c1)OCO2)C(=O)c1snc(C(=O)NC2CCCCC2)c1N. The van der Waals surface area contributed by atoms with Crippen molar-refractivity contribution in [2.45, 2.75) is 77.0 Å². The van der Waals surface area contributed by atoms with Gasteiger partial charge in [-0.3, -0.25) is 14.4 Å². The Morgan fingerprint density at radius 3 is 2.47 bits per heavy atom. The second kappa shape index (κ2) is 12.6. The average molecular weight is 610 g/mol. The lowest BCUT2D eigenvalue weighted by Gasteiger charge is -2.33. The number of aromatic nitrogens is 1. The molecule has 3 aromatic rings. The van der Waals surface area contributed by atoms with Crippen LogP contribution in [0.2, 0.25) is 0 Å². The number of carbonyl (C=O) groups is 3. The maximum absolute atomic E-state index is 14.4. The number of fused-ring (bicyclic) bond motifs is 1. The van der Waals surface area contributed by atoms with E-state index in [0.717, 1.165) is 43.6 Å². The van der Waals surface area contributed by atoms with Crippen LogP contribution in [0.1, 0.15) is 90.2 Å². The summed E-state index contributed by atoms with van der Waals surface area (Å²) in [5.41, 5.74) is 6.77. The number of nitrogen functional groups attached to an aromatic ring is 1. The van der Waals surface area contributed by atoms with E-state index in [1.54, 1.807) is 18.2 Å². The average Bonchev–Trinajstić information content (AvgIpc) is 3.59. The van der Waals surface area contributed by atoms with Crippen molar-refractivity contribution in [1.82, 2.24) is 19.9 Å². The molecule has 0 spiro atoms. The van der Waals surface area contributed by atoms with Crippen molar-refractivity contribution in [3.8, 4) is 11.5 Å². The maximum atomic E-state index is 14.4. The van der Waals surface area contributed by atoms with E-state index < -0.39 is 35.1 Å². The van der Waals surface area contributed by atoms with Gasteiger partial charge >= 0.3 is 0 Å². The van der Waals surface area contributed by atoms with E-state index in [0.29, 0.717) is 22.6 Å². The zero-order chi connectivity index (χ0) is 30.7. The van der Waals surface area contributed by atoms with Gasteiger partial charge in [-0.2, -0.15) is 4.37 Å². The summed E-state index contributed by atoms with van der Waals surface area (Å²) in [6.07, 6.45) is 4.98. The molecule has 0 radical (unpaired) electrons. The van der Waals surface area contributed by atoms with Gasteiger partial charge in [0, 0.05) is 18.1 Å². The van der Waals surface area contributed by atoms with Gasteiger partial charge in [-0.25, -0.2) is 4.39 Å². The van der Waals surface area contributed by atoms with E-state index in [1.807, 2.05) is 20.8 Å². The minimum absolute atomic E-state index is 0.0144. The van der Waals surface area contributed by atoms with E-state index in [1.165, 1.54) is 29.2 Å². The quantitative estimate of drug-likeness (QED) is 0.329. The fraction of sp³-hybridized carbons (Fsp3) is 0.419. The Balaban J connectivity index is 1.53. The Morgan fingerprint density at radius 1 is 1.07 bits per heavy atom. The monoisotopic (exact) mass is 609 g/mol. The molecule has 1 unspecified atom stereocenters. The number of ether oxygens (including phenoxy) is 2. The van der Waals surface area contributed by atoms with Crippen molar-refractivity contribution < 1.29 is 28.2 Å². The first-order valence-corrected chi connectivity index (χ1v) is 15.1. The highest BCUT2D eigenvalue weighted by atomic mass is 32.1. The standard InChI is InChI=1S/C31H36FN5O5S/c1-31(2,3)35-29(39)26(19-10-12-20(32)13-11-19)37(16-18-9-14-22-23(15-18)42-17-41-22)30(40)27-24(33)25(36-43-27)28(38)34-21-7-5-4-6-8-21/h9-15,21,26H,4-8,16-17,33H2,1-3H3,(H,34,38)(H,35,39). The van der Waals surface area contributed by atoms with Gasteiger partial charge in [0.1, 0.15) is 16.7 Å². The molecule has 0 saturated heterocycles. The Hall–Kier alpha value is -4.19. The van der Waals surface area contributed by atoms with Crippen LogP contribution < -0.4 is 25.8 Å². The number of amides is 3. The zero-order valence-electron chi connectivity index (χ0n) is 24.4. The molecule has 0 bridgehead atoms. The third-order valence-electron chi connectivity index (χ3n) is 7.37. The molecule has 1 aliphatic heterocycles. The van der Waals surface area contributed by atoms with E-state index in [2.05, 4.69) is 15.0 Å². The second-order valence-corrected chi connectivity index (χ2v) is 12.7. The van der Waals surface area contributed by atoms with Crippen LogP contribution in [0.4, 0.5) is 10.1 Å². The van der Waals surface area contributed by atoms with Gasteiger partial charge in [0.05, 0.1) is 5.69 Å². The van der Waals surface area contributed by atoms with Crippen LogP contribution in [-0.4, -0.2) is 45.4 Å². The molecule has 1 aromatic heterocycles. The normalized spacial score (nSPS) is 15.5. The Bertz CT molecular complexity index is 1500. The van der Waals surface area contributed by atoms with Crippen molar-refractivity contribution >= 4 is 34.9 Å². The van der Waals surface area contributed by atoms with Crippen LogP contribution in [0.3, 0.4) is 0 Å². The Labute approximate surface area is 253 Å². The second-order valence-electron chi connectivity index (χ2n) is 11.9. The van der Waals surface area contributed by atoms with Crippen LogP contribution in [0.5, 0.6) is 11.5 Å². The lowest BCUT2D eigenvalue weighted by molar-refractivity contribution is -0.127. The summed E-state index contributed by atoms with van der Waals surface area (Å²) in [6.45, 7) is 5.53. The van der Waals surface area contributed by atoms with Crippen LogP contribution in [-0.2, 0) is 11.3 Å². The topological polar surface area (TPSA) is 136 Å². The van der Waals surface area contributed by atoms with Crippen molar-refractivity contribution in [3.05, 3.63) is 70.0 Å². The van der Waals surface area contributed by atoms with Crippen LogP contribution in [0.15, 0.2) is 42.5 Å². The summed E-state index contributed by atoms with van der Waals surface area (Å²) in [7, 11) is 0. The third kappa shape index (κ3) is 7.07. The lowest BCUT2D eigenvalue weighted by Crippen LogP contribution is -2.49. The first-order valence-electron chi connectivity index (χ1n) is 14.3. The number of nitrogens with two attached hydrogens (primary N) is 1. The molecule has 2 aliphatic rings. The summed E-state index contributed by atoms with van der Waals surface area (Å²) >= 11 is 0.810. The van der Waals surface area contributed by atoms with E-state index >= 15 is 0 Å². The number of nitrogens with zero attached hydrogens (tertiary/aromatic N) is 2. The number of hydrogen-bond donors (Lipinski definition) is 3. The predicted molar refractivity (Wildman–Crippen MR) is 160 cm³/mol. The summed E-state index contributed by atoms with van der Waals surface area (Å²) < 4.78 is 29.2. The first kappa shape index (κ1) is 30.3. The highest BCUT2D eigenvalue weighted by Gasteiger charge is 2.37. The van der Waals surface area contributed by atoms with Crippen LogP contribution in [0.25, 0.3) is 0 Å². The largest absolute Gasteiger partial charge is 0.454 e. The summed E-state index contributed by atoms with van der Waals surface area (Å²) in [6, 6.07) is 9.54. The van der Waals surface area contributed by atoms with Gasteiger partial charge in [-0.05, 0) is 80.5 Å². The number of halogens is 1. The van der Waals surface area contributed by atoms with Gasteiger partial charge in [-0.15, -0.1) is 0 Å². The first-order chi connectivity index (χ1) is 20.5. The number of hydrogen-bond acceptors (Lipinski definition) is 8. The van der Waals surface area contributed by atoms with Gasteiger partial charge in [0.15, 0.2) is 17.2 Å². The van der Waals surface area contributed by atoms with Crippen molar-refractivity contribution in [3.63, 3.8) is 0 Å². The molecule has 1 atom stereocenters. The molecule has 4 N–H and O–H groups in total. The predicted octanol–water partition coefficient (Wildman–Crippen LogP) is 4.95. The molecular formula is C31H36FN5O5S. The van der Waals surface area contributed by atoms with Crippen molar-refractivity contribution in [1.29, 1.82) is 0 Å². The van der Waals surface area contributed by atoms with E-state index in [4.69, 9.17) is 15.2 Å². The number of anilines is 1. The molecule has 2 heterocycles. The minimum Gasteiger partial charge on any atom is -0.454 e. The number of nitrogens with one attached hydrogen (secondary N) is 2. The van der Waals surface area contributed by atoms with Crippen LogP contribution in [0, 0.1) is 5.82 Å². The summed E-state index contributed by atoms with van der Waals surface area (Å²) in [5, 5.41) is 5.95. The van der Waals surface area contributed by atoms with Crippen molar-refractivity contribution in [2.24, 2.45) is 0 Å². The number of rotatable bonds is 8. The number of benzene rings is 2. The lowest BCUT2D eigenvalue weighted by atomic mass is 9.95.